The lowest BCUT2D eigenvalue weighted by Gasteiger charge is -2.17. The summed E-state index contributed by atoms with van der Waals surface area (Å²) >= 11 is 0. The lowest BCUT2D eigenvalue weighted by molar-refractivity contribution is -0.112. The Kier molecular flexibility index (Phi) is 4.00. The summed E-state index contributed by atoms with van der Waals surface area (Å²) in [5.41, 5.74) is 5.03. The number of likely N-dealkylation sites (N-methyl/N-ethyl adjacent to an activating group) is 1. The highest BCUT2D eigenvalue weighted by Crippen LogP contribution is 2.38. The van der Waals surface area contributed by atoms with Gasteiger partial charge in [-0.05, 0) is 36.1 Å². The van der Waals surface area contributed by atoms with Gasteiger partial charge in [-0.15, -0.1) is 0 Å². The van der Waals surface area contributed by atoms with E-state index in [0.717, 1.165) is 27.8 Å². The molecule has 0 aliphatic carbocycles. The van der Waals surface area contributed by atoms with Gasteiger partial charge in [-0.2, -0.15) is 0 Å². The molecule has 0 saturated carbocycles. The van der Waals surface area contributed by atoms with E-state index in [1.165, 1.54) is 11.1 Å². The molecule has 3 heteroatoms. The van der Waals surface area contributed by atoms with E-state index in [2.05, 4.69) is 49.3 Å². The molecule has 0 radical (unpaired) electrons. The van der Waals surface area contributed by atoms with Crippen LogP contribution in [0, 0.1) is 0 Å². The molecule has 3 aromatic rings. The van der Waals surface area contributed by atoms with Gasteiger partial charge in [0.2, 0.25) is 0 Å². The average molecular weight is 342 g/mol. The third kappa shape index (κ3) is 2.48. The molecule has 26 heavy (non-hydrogen) atoms. The molecule has 0 saturated heterocycles. The van der Waals surface area contributed by atoms with Gasteiger partial charge in [0.1, 0.15) is 0 Å². The fourth-order valence-electron chi connectivity index (χ4n) is 3.74. The Bertz CT molecular complexity index is 1030. The zero-order valence-corrected chi connectivity index (χ0v) is 15.4. The molecule has 1 aliphatic heterocycles. The summed E-state index contributed by atoms with van der Waals surface area (Å²) in [6.45, 7) is 2.69. The van der Waals surface area contributed by atoms with Crippen LogP contribution in [0.5, 0.6) is 0 Å². The molecular weight excluding hydrogens is 320 g/mol. The van der Waals surface area contributed by atoms with E-state index in [0.29, 0.717) is 6.54 Å². The van der Waals surface area contributed by atoms with Crippen LogP contribution in [0.4, 0.5) is 11.4 Å². The first kappa shape index (κ1) is 16.4. The maximum atomic E-state index is 13.0. The van der Waals surface area contributed by atoms with Gasteiger partial charge in [-0.3, -0.25) is 4.79 Å². The minimum Gasteiger partial charge on any atom is -0.377 e. The molecule has 1 heterocycles. The third-order valence-electron chi connectivity index (χ3n) is 4.99. The predicted octanol–water partition coefficient (Wildman–Crippen LogP) is 4.81. The number of nitrogens with zero attached hydrogens (tertiary/aromatic N) is 2. The fourth-order valence-corrected chi connectivity index (χ4v) is 3.74. The van der Waals surface area contributed by atoms with E-state index in [1.54, 1.807) is 0 Å². The molecule has 0 unspecified atom stereocenters. The van der Waals surface area contributed by atoms with Crippen LogP contribution in [0.25, 0.3) is 22.4 Å². The van der Waals surface area contributed by atoms with Crippen molar-refractivity contribution in [1.82, 2.24) is 0 Å². The van der Waals surface area contributed by atoms with Crippen molar-refractivity contribution in [3.63, 3.8) is 0 Å². The molecule has 3 nitrogen and oxygen atoms in total. The van der Waals surface area contributed by atoms with E-state index in [4.69, 9.17) is 0 Å². The summed E-state index contributed by atoms with van der Waals surface area (Å²) in [6.07, 6.45) is 2.04. The van der Waals surface area contributed by atoms with Gasteiger partial charge in [-0.25, -0.2) is 0 Å². The molecule has 0 N–H and O–H groups in total. The largest absolute Gasteiger partial charge is 0.377 e. The Morgan fingerprint density at radius 1 is 0.923 bits per heavy atom. The summed E-state index contributed by atoms with van der Waals surface area (Å²) in [6, 6.07) is 20.6. The van der Waals surface area contributed by atoms with E-state index < -0.39 is 0 Å². The van der Waals surface area contributed by atoms with Crippen LogP contribution in [0.1, 0.15) is 18.1 Å². The van der Waals surface area contributed by atoms with Crippen LogP contribution in [-0.2, 0) is 4.79 Å². The van der Waals surface area contributed by atoms with Gasteiger partial charge in [0, 0.05) is 42.9 Å². The van der Waals surface area contributed by atoms with Gasteiger partial charge in [0.15, 0.2) is 0 Å². The first-order chi connectivity index (χ1) is 12.6. The van der Waals surface area contributed by atoms with Gasteiger partial charge in [0.05, 0.1) is 5.69 Å². The van der Waals surface area contributed by atoms with E-state index in [1.807, 2.05) is 48.2 Å². The van der Waals surface area contributed by atoms with Crippen molar-refractivity contribution in [2.45, 2.75) is 6.92 Å². The second-order valence-corrected chi connectivity index (χ2v) is 6.74. The quantitative estimate of drug-likeness (QED) is 0.638. The number of fused-ring (bicyclic) bond motifs is 2. The Morgan fingerprint density at radius 3 is 2.35 bits per heavy atom. The maximum absolute atomic E-state index is 13.0. The van der Waals surface area contributed by atoms with E-state index >= 15 is 0 Å². The normalized spacial score (nSPS) is 15.0. The van der Waals surface area contributed by atoms with Crippen LogP contribution in [0.2, 0.25) is 0 Å². The van der Waals surface area contributed by atoms with Crippen molar-refractivity contribution in [2.24, 2.45) is 0 Å². The molecule has 0 aromatic heterocycles. The molecular formula is C23H22N2O. The highest BCUT2D eigenvalue weighted by molar-refractivity contribution is 6.36. The van der Waals surface area contributed by atoms with Gasteiger partial charge in [0.25, 0.3) is 5.91 Å². The first-order valence-corrected chi connectivity index (χ1v) is 8.94. The molecule has 1 amide bonds. The van der Waals surface area contributed by atoms with Crippen LogP contribution < -0.4 is 9.80 Å². The minimum absolute atomic E-state index is 0.0782. The van der Waals surface area contributed by atoms with E-state index in [9.17, 15) is 4.79 Å². The van der Waals surface area contributed by atoms with Crippen molar-refractivity contribution in [3.05, 3.63) is 71.8 Å². The van der Waals surface area contributed by atoms with Crippen molar-refractivity contribution >= 4 is 39.7 Å². The highest BCUT2D eigenvalue weighted by Gasteiger charge is 2.30. The summed E-state index contributed by atoms with van der Waals surface area (Å²) in [5, 5.41) is 2.35. The number of amides is 1. The minimum atomic E-state index is 0.0782. The van der Waals surface area contributed by atoms with E-state index in [-0.39, 0.29) is 5.91 Å². The molecule has 0 bridgehead atoms. The number of hydrogen-bond acceptors (Lipinski definition) is 2. The number of carbonyl (C=O) groups is 1. The van der Waals surface area contributed by atoms with Crippen molar-refractivity contribution in [3.8, 4) is 0 Å². The van der Waals surface area contributed by atoms with Crippen molar-refractivity contribution in [1.29, 1.82) is 0 Å². The fraction of sp³-hybridized carbons (Fsp3) is 0.174. The molecule has 1 aliphatic rings. The maximum Gasteiger partial charge on any atom is 0.258 e. The lowest BCUT2D eigenvalue weighted by atomic mass is 9.98. The summed E-state index contributed by atoms with van der Waals surface area (Å²) in [7, 11) is 4.10. The third-order valence-corrected chi connectivity index (χ3v) is 4.99. The second-order valence-electron chi connectivity index (χ2n) is 6.74. The summed E-state index contributed by atoms with van der Waals surface area (Å²) in [5.74, 6) is 0.0782. The first-order valence-electron chi connectivity index (χ1n) is 8.94. The van der Waals surface area contributed by atoms with Gasteiger partial charge >= 0.3 is 0 Å². The number of benzene rings is 3. The van der Waals surface area contributed by atoms with Gasteiger partial charge < -0.3 is 9.80 Å². The van der Waals surface area contributed by atoms with Crippen LogP contribution in [-0.4, -0.2) is 26.5 Å². The summed E-state index contributed by atoms with van der Waals surface area (Å²) < 4.78 is 0. The number of carbonyl (C=O) groups excluding carboxylic acids is 1. The number of hydrogen-bond donors (Lipinski definition) is 0. The van der Waals surface area contributed by atoms with Gasteiger partial charge in [-0.1, -0.05) is 48.5 Å². The Balaban J connectivity index is 1.93. The zero-order chi connectivity index (χ0) is 18.3. The monoisotopic (exact) mass is 342 g/mol. The number of rotatable bonds is 3. The predicted molar refractivity (Wildman–Crippen MR) is 111 cm³/mol. The van der Waals surface area contributed by atoms with Crippen LogP contribution >= 0.6 is 0 Å². The lowest BCUT2D eigenvalue weighted by Crippen LogP contribution is -2.25. The molecule has 0 atom stereocenters. The Hall–Kier alpha value is -3.07. The topological polar surface area (TPSA) is 23.6 Å². The molecule has 0 fully saturated rings. The highest BCUT2D eigenvalue weighted by atomic mass is 16.2. The number of para-hydroxylation sites is 1. The van der Waals surface area contributed by atoms with Crippen molar-refractivity contribution < 1.29 is 4.79 Å². The average Bonchev–Trinajstić information content (AvgIpc) is 2.93. The van der Waals surface area contributed by atoms with Crippen LogP contribution in [0.3, 0.4) is 0 Å². The molecule has 130 valence electrons. The Morgan fingerprint density at radius 2 is 1.62 bits per heavy atom. The SMILES string of the molecule is CCN1C(=O)/C(=C\c2ccc(N(C)C)c3ccccc23)c2ccccc21. The molecule has 0 spiro atoms. The van der Waals surface area contributed by atoms with Crippen molar-refractivity contribution in [2.75, 3.05) is 30.4 Å². The standard InChI is InChI=1S/C23H22N2O/c1-4-25-22-12-8-7-11-19(22)20(23(25)26)15-16-13-14-21(24(2)3)18-10-6-5-9-17(16)18/h5-15H,4H2,1-3H3/b20-15-. The second kappa shape index (κ2) is 6.34. The zero-order valence-electron chi connectivity index (χ0n) is 15.4. The molecule has 3 aromatic carbocycles. The smallest absolute Gasteiger partial charge is 0.258 e. The number of anilines is 2. The summed E-state index contributed by atoms with van der Waals surface area (Å²) in [4.78, 5) is 16.9. The van der Waals surface area contributed by atoms with Crippen LogP contribution in [0.15, 0.2) is 60.7 Å². The Labute approximate surface area is 154 Å². The molecule has 4 rings (SSSR count).